The number of carbonyl (C=O) groups is 1. The number of aliphatic carboxylic acids is 1. The van der Waals surface area contributed by atoms with Crippen LogP contribution in [0.1, 0.15) is 17.5 Å². The van der Waals surface area contributed by atoms with Crippen LogP contribution in [0, 0.1) is 0 Å². The highest BCUT2D eigenvalue weighted by molar-refractivity contribution is 7.89. The Morgan fingerprint density at radius 2 is 1.68 bits per heavy atom. The maximum Gasteiger partial charge on any atom is 0.303 e. The van der Waals surface area contributed by atoms with E-state index in [9.17, 15) is 13.2 Å². The molecule has 1 aromatic carbocycles. The van der Waals surface area contributed by atoms with Gasteiger partial charge < -0.3 is 5.11 Å². The summed E-state index contributed by atoms with van der Waals surface area (Å²) in [5, 5.41) is 8.63. The Bertz CT molecular complexity index is 728. The molecule has 116 valence electrons. The lowest BCUT2D eigenvalue weighted by Gasteiger charge is -2.07. The van der Waals surface area contributed by atoms with Crippen LogP contribution in [-0.4, -0.2) is 24.5 Å². The first-order chi connectivity index (χ1) is 10.5. The number of nitrogens with one attached hydrogen (secondary N) is 1. The third-order valence-corrected chi connectivity index (χ3v) is 4.49. The van der Waals surface area contributed by atoms with Crippen molar-refractivity contribution in [2.24, 2.45) is 0 Å². The van der Waals surface area contributed by atoms with Crippen molar-refractivity contribution in [2.75, 3.05) is 0 Å². The van der Waals surface area contributed by atoms with Gasteiger partial charge in [-0.3, -0.25) is 9.78 Å². The number of benzene rings is 1. The molecule has 0 fully saturated rings. The summed E-state index contributed by atoms with van der Waals surface area (Å²) in [4.78, 5) is 14.5. The molecule has 2 rings (SSSR count). The predicted octanol–water partition coefficient (Wildman–Crippen LogP) is 1.58. The Kier molecular flexibility index (Phi) is 5.24. The molecule has 0 unspecified atom stereocenters. The molecule has 7 heteroatoms. The molecular formula is C15H16N2O4S. The molecule has 22 heavy (non-hydrogen) atoms. The molecule has 0 aliphatic heterocycles. The lowest BCUT2D eigenvalue weighted by molar-refractivity contribution is -0.136. The maximum atomic E-state index is 12.2. The monoisotopic (exact) mass is 320 g/mol. The highest BCUT2D eigenvalue weighted by Gasteiger charge is 2.13. The van der Waals surface area contributed by atoms with Crippen molar-refractivity contribution < 1.29 is 18.3 Å². The van der Waals surface area contributed by atoms with Crippen molar-refractivity contribution in [1.82, 2.24) is 9.71 Å². The SMILES string of the molecule is O=C(O)CCc1ccc(S(=O)(=O)NCc2ccncc2)cc1. The van der Waals surface area contributed by atoms with Gasteiger partial charge in [0.25, 0.3) is 0 Å². The Labute approximate surface area is 128 Å². The van der Waals surface area contributed by atoms with Gasteiger partial charge in [-0.2, -0.15) is 0 Å². The van der Waals surface area contributed by atoms with Crippen LogP contribution >= 0.6 is 0 Å². The van der Waals surface area contributed by atoms with Crippen molar-refractivity contribution >= 4 is 16.0 Å². The molecule has 0 saturated heterocycles. The van der Waals surface area contributed by atoms with Gasteiger partial charge in [-0.25, -0.2) is 13.1 Å². The average Bonchev–Trinajstić information content (AvgIpc) is 2.52. The molecule has 0 aliphatic rings. The molecule has 1 aromatic heterocycles. The van der Waals surface area contributed by atoms with E-state index in [-0.39, 0.29) is 17.9 Å². The normalized spacial score (nSPS) is 11.3. The van der Waals surface area contributed by atoms with E-state index in [0.717, 1.165) is 11.1 Å². The summed E-state index contributed by atoms with van der Waals surface area (Å²) < 4.78 is 26.8. The van der Waals surface area contributed by atoms with Gasteiger partial charge in [0.2, 0.25) is 10.0 Å². The average molecular weight is 320 g/mol. The quantitative estimate of drug-likeness (QED) is 0.807. The molecule has 6 nitrogen and oxygen atoms in total. The second-order valence-electron chi connectivity index (χ2n) is 4.72. The first kappa shape index (κ1) is 16.1. The number of nitrogens with zero attached hydrogens (tertiary/aromatic N) is 1. The van der Waals surface area contributed by atoms with E-state index in [1.807, 2.05) is 0 Å². The molecule has 2 N–H and O–H groups in total. The molecule has 0 saturated carbocycles. The Morgan fingerprint density at radius 1 is 1.05 bits per heavy atom. The summed E-state index contributed by atoms with van der Waals surface area (Å²) in [7, 11) is -3.59. The number of carboxylic acids is 1. The summed E-state index contributed by atoms with van der Waals surface area (Å²) >= 11 is 0. The molecule has 0 spiro atoms. The van der Waals surface area contributed by atoms with Gasteiger partial charge in [-0.15, -0.1) is 0 Å². The van der Waals surface area contributed by atoms with Gasteiger partial charge in [0.05, 0.1) is 4.90 Å². The van der Waals surface area contributed by atoms with Gasteiger partial charge in [0.1, 0.15) is 0 Å². The van der Waals surface area contributed by atoms with Gasteiger partial charge in [-0.1, -0.05) is 12.1 Å². The fourth-order valence-corrected chi connectivity index (χ4v) is 2.87. The molecule has 0 atom stereocenters. The first-order valence-electron chi connectivity index (χ1n) is 6.67. The number of hydrogen-bond acceptors (Lipinski definition) is 4. The topological polar surface area (TPSA) is 96.4 Å². The number of aromatic nitrogens is 1. The van der Waals surface area contributed by atoms with Crippen molar-refractivity contribution in [1.29, 1.82) is 0 Å². The lowest BCUT2D eigenvalue weighted by atomic mass is 10.1. The number of pyridine rings is 1. The predicted molar refractivity (Wildman–Crippen MR) is 80.7 cm³/mol. The number of sulfonamides is 1. The zero-order valence-electron chi connectivity index (χ0n) is 11.8. The van der Waals surface area contributed by atoms with Crippen LogP contribution in [0.25, 0.3) is 0 Å². The minimum Gasteiger partial charge on any atom is -0.481 e. The summed E-state index contributed by atoms with van der Waals surface area (Å²) in [6, 6.07) is 9.68. The number of hydrogen-bond donors (Lipinski definition) is 2. The van der Waals surface area contributed by atoms with Crippen molar-refractivity contribution in [3.63, 3.8) is 0 Å². The Morgan fingerprint density at radius 3 is 2.27 bits per heavy atom. The second-order valence-corrected chi connectivity index (χ2v) is 6.48. The van der Waals surface area contributed by atoms with E-state index in [4.69, 9.17) is 5.11 Å². The number of aryl methyl sites for hydroxylation is 1. The minimum atomic E-state index is -3.59. The Hall–Kier alpha value is -2.25. The third kappa shape index (κ3) is 4.64. The highest BCUT2D eigenvalue weighted by Crippen LogP contribution is 2.12. The van der Waals surface area contributed by atoms with E-state index in [2.05, 4.69) is 9.71 Å². The van der Waals surface area contributed by atoms with Crippen LogP contribution in [0.4, 0.5) is 0 Å². The van der Waals surface area contributed by atoms with E-state index in [1.54, 1.807) is 36.7 Å². The maximum absolute atomic E-state index is 12.2. The van der Waals surface area contributed by atoms with Crippen LogP contribution in [0.2, 0.25) is 0 Å². The molecule has 0 amide bonds. The highest BCUT2D eigenvalue weighted by atomic mass is 32.2. The zero-order valence-corrected chi connectivity index (χ0v) is 12.6. The largest absolute Gasteiger partial charge is 0.481 e. The number of rotatable bonds is 7. The van der Waals surface area contributed by atoms with Crippen LogP contribution in [-0.2, 0) is 27.8 Å². The minimum absolute atomic E-state index is 0.0202. The fourth-order valence-electron chi connectivity index (χ4n) is 1.85. The van der Waals surface area contributed by atoms with Crippen molar-refractivity contribution in [2.45, 2.75) is 24.3 Å². The molecule has 0 aliphatic carbocycles. The van der Waals surface area contributed by atoms with Crippen molar-refractivity contribution in [3.8, 4) is 0 Å². The van der Waals surface area contributed by atoms with Gasteiger partial charge in [0.15, 0.2) is 0 Å². The summed E-state index contributed by atoms with van der Waals surface area (Å²) in [6.07, 6.45) is 3.59. The van der Waals surface area contributed by atoms with Crippen LogP contribution < -0.4 is 4.72 Å². The Balaban J connectivity index is 2.01. The third-order valence-electron chi connectivity index (χ3n) is 3.08. The second kappa shape index (κ2) is 7.15. The number of carboxylic acid groups (broad SMARTS) is 1. The first-order valence-corrected chi connectivity index (χ1v) is 8.15. The molecule has 0 radical (unpaired) electrons. The molecule has 1 heterocycles. The smallest absolute Gasteiger partial charge is 0.303 e. The summed E-state index contributed by atoms with van der Waals surface area (Å²) in [6.45, 7) is 0.186. The van der Waals surface area contributed by atoms with E-state index >= 15 is 0 Å². The van der Waals surface area contributed by atoms with E-state index in [0.29, 0.717) is 6.42 Å². The van der Waals surface area contributed by atoms with Crippen LogP contribution in [0.5, 0.6) is 0 Å². The summed E-state index contributed by atoms with van der Waals surface area (Å²) in [5.74, 6) is -0.879. The van der Waals surface area contributed by atoms with Crippen LogP contribution in [0.3, 0.4) is 0 Å². The van der Waals surface area contributed by atoms with Gasteiger partial charge >= 0.3 is 5.97 Å². The van der Waals surface area contributed by atoms with E-state index in [1.165, 1.54) is 12.1 Å². The zero-order chi connectivity index (χ0) is 16.0. The van der Waals surface area contributed by atoms with Gasteiger partial charge in [-0.05, 0) is 41.8 Å². The fraction of sp³-hybridized carbons (Fsp3) is 0.200. The van der Waals surface area contributed by atoms with E-state index < -0.39 is 16.0 Å². The van der Waals surface area contributed by atoms with Crippen molar-refractivity contribution in [3.05, 3.63) is 59.9 Å². The lowest BCUT2D eigenvalue weighted by Crippen LogP contribution is -2.23. The summed E-state index contributed by atoms with van der Waals surface area (Å²) in [5.41, 5.74) is 1.60. The standard InChI is InChI=1S/C15H16N2O4S/c18-15(19)6-3-12-1-4-14(5-2-12)22(20,21)17-11-13-7-9-16-10-8-13/h1-2,4-5,7-10,17H,3,6,11H2,(H,18,19). The van der Waals surface area contributed by atoms with Crippen LogP contribution in [0.15, 0.2) is 53.7 Å². The molecule has 2 aromatic rings. The molecular weight excluding hydrogens is 304 g/mol. The molecule has 0 bridgehead atoms. The van der Waals surface area contributed by atoms with Gasteiger partial charge in [0, 0.05) is 25.4 Å².